The Bertz CT molecular complexity index is 421. The van der Waals surface area contributed by atoms with Gasteiger partial charge < -0.3 is 10.6 Å². The third-order valence-electron chi connectivity index (χ3n) is 2.60. The highest BCUT2D eigenvalue weighted by Gasteiger charge is 2.17. The van der Waals surface area contributed by atoms with Crippen molar-refractivity contribution >= 4 is 11.6 Å². The molecule has 1 atom stereocenters. The Morgan fingerprint density at radius 2 is 2.06 bits per heavy atom. The third kappa shape index (κ3) is 3.06. The highest BCUT2D eigenvalue weighted by atomic mass is 15.2. The van der Waals surface area contributed by atoms with Crippen LogP contribution in [0.1, 0.15) is 32.3 Å². The lowest BCUT2D eigenvalue weighted by Gasteiger charge is -2.23. The zero-order valence-electron chi connectivity index (χ0n) is 10.8. The lowest BCUT2D eigenvalue weighted by Crippen LogP contribution is -2.26. The van der Waals surface area contributed by atoms with Crippen LogP contribution < -0.4 is 10.6 Å². The lowest BCUT2D eigenvalue weighted by atomic mass is 10.0. The number of hydrogen-bond acceptors (Lipinski definition) is 5. The summed E-state index contributed by atoms with van der Waals surface area (Å²) >= 11 is 0. The van der Waals surface area contributed by atoms with E-state index in [4.69, 9.17) is 11.0 Å². The first-order valence-electron chi connectivity index (χ1n) is 5.68. The van der Waals surface area contributed by atoms with Crippen LogP contribution >= 0.6 is 0 Å². The lowest BCUT2D eigenvalue weighted by molar-refractivity contribution is 0.701. The molecule has 0 radical (unpaired) electrons. The van der Waals surface area contributed by atoms with Crippen molar-refractivity contribution in [3.05, 3.63) is 11.9 Å². The zero-order valence-corrected chi connectivity index (χ0v) is 10.8. The van der Waals surface area contributed by atoms with Crippen molar-refractivity contribution in [3.63, 3.8) is 0 Å². The van der Waals surface area contributed by atoms with Crippen molar-refractivity contribution in [2.45, 2.75) is 26.7 Å². The Hall–Kier alpha value is -1.83. The molecule has 1 aromatic heterocycles. The molecule has 0 saturated heterocycles. The summed E-state index contributed by atoms with van der Waals surface area (Å²) in [5.41, 5.74) is 6.83. The monoisotopic (exact) mass is 233 g/mol. The van der Waals surface area contributed by atoms with Crippen molar-refractivity contribution in [1.29, 1.82) is 5.26 Å². The quantitative estimate of drug-likeness (QED) is 0.857. The molecular formula is C12H19N5. The van der Waals surface area contributed by atoms with E-state index in [2.05, 4.69) is 29.9 Å². The first-order valence-corrected chi connectivity index (χ1v) is 5.68. The normalized spacial score (nSPS) is 12.2. The SMILES string of the molecule is CC(C#N)CN(C)c1ncnc(N)c1C(C)C. The second-order valence-corrected chi connectivity index (χ2v) is 4.56. The van der Waals surface area contributed by atoms with E-state index in [1.165, 1.54) is 6.33 Å². The molecule has 1 aromatic rings. The molecule has 0 saturated carbocycles. The molecule has 0 aliphatic heterocycles. The fourth-order valence-corrected chi connectivity index (χ4v) is 1.80. The first kappa shape index (κ1) is 13.2. The molecule has 0 aromatic carbocycles. The molecule has 0 fully saturated rings. The summed E-state index contributed by atoms with van der Waals surface area (Å²) in [6.07, 6.45) is 1.46. The van der Waals surface area contributed by atoms with E-state index in [0.717, 1.165) is 11.4 Å². The topological polar surface area (TPSA) is 78.8 Å². The van der Waals surface area contributed by atoms with Gasteiger partial charge in [0.25, 0.3) is 0 Å². The second-order valence-electron chi connectivity index (χ2n) is 4.56. The van der Waals surface area contributed by atoms with Gasteiger partial charge in [0.05, 0.1) is 12.0 Å². The maximum atomic E-state index is 8.83. The van der Waals surface area contributed by atoms with Crippen LogP contribution in [0.25, 0.3) is 0 Å². The highest BCUT2D eigenvalue weighted by molar-refractivity contribution is 5.57. The Kier molecular flexibility index (Phi) is 4.27. The Labute approximate surface area is 102 Å². The van der Waals surface area contributed by atoms with Gasteiger partial charge in [-0.05, 0) is 12.8 Å². The molecule has 0 bridgehead atoms. The minimum absolute atomic E-state index is 0.0452. The molecule has 0 amide bonds. The highest BCUT2D eigenvalue weighted by Crippen LogP contribution is 2.28. The van der Waals surface area contributed by atoms with Crippen LogP contribution in [0.5, 0.6) is 0 Å². The number of aromatic nitrogens is 2. The largest absolute Gasteiger partial charge is 0.383 e. The van der Waals surface area contributed by atoms with Crippen LogP contribution in [0.3, 0.4) is 0 Å². The van der Waals surface area contributed by atoms with Crippen molar-refractivity contribution in [2.75, 3.05) is 24.2 Å². The summed E-state index contributed by atoms with van der Waals surface area (Å²) in [4.78, 5) is 10.3. The third-order valence-corrected chi connectivity index (χ3v) is 2.60. The predicted molar refractivity (Wildman–Crippen MR) is 68.6 cm³/mol. The van der Waals surface area contributed by atoms with Crippen LogP contribution in [0.15, 0.2) is 6.33 Å². The van der Waals surface area contributed by atoms with Crippen LogP contribution in [0.4, 0.5) is 11.6 Å². The van der Waals surface area contributed by atoms with E-state index in [9.17, 15) is 0 Å². The number of nitrogens with zero attached hydrogens (tertiary/aromatic N) is 4. The summed E-state index contributed by atoms with van der Waals surface area (Å²) in [6.45, 7) is 6.63. The van der Waals surface area contributed by atoms with E-state index >= 15 is 0 Å². The van der Waals surface area contributed by atoms with Crippen LogP contribution in [-0.2, 0) is 0 Å². The van der Waals surface area contributed by atoms with Gasteiger partial charge in [-0.15, -0.1) is 0 Å². The van der Waals surface area contributed by atoms with Crippen LogP contribution in [0, 0.1) is 17.2 Å². The Balaban J connectivity index is 3.05. The fraction of sp³-hybridized carbons (Fsp3) is 0.583. The summed E-state index contributed by atoms with van der Waals surface area (Å²) in [5, 5.41) is 8.83. The van der Waals surface area contributed by atoms with Gasteiger partial charge in [-0.3, -0.25) is 0 Å². The molecule has 5 heteroatoms. The molecule has 92 valence electrons. The number of rotatable bonds is 4. The number of hydrogen-bond donors (Lipinski definition) is 1. The van der Waals surface area contributed by atoms with Gasteiger partial charge in [0.2, 0.25) is 0 Å². The smallest absolute Gasteiger partial charge is 0.137 e. The van der Waals surface area contributed by atoms with Gasteiger partial charge in [0, 0.05) is 19.2 Å². The molecule has 0 spiro atoms. The van der Waals surface area contributed by atoms with E-state index in [1.807, 2.05) is 18.9 Å². The van der Waals surface area contributed by atoms with Gasteiger partial charge in [0.15, 0.2) is 0 Å². The van der Waals surface area contributed by atoms with E-state index in [-0.39, 0.29) is 11.8 Å². The summed E-state index contributed by atoms with van der Waals surface area (Å²) < 4.78 is 0. The number of anilines is 2. The molecule has 17 heavy (non-hydrogen) atoms. The predicted octanol–water partition coefficient (Wildman–Crippen LogP) is 1.78. The number of nitrogens with two attached hydrogens (primary N) is 1. The molecule has 1 unspecified atom stereocenters. The molecular weight excluding hydrogens is 214 g/mol. The number of nitriles is 1. The summed E-state index contributed by atoms with van der Waals surface area (Å²) in [7, 11) is 1.92. The van der Waals surface area contributed by atoms with E-state index in [1.54, 1.807) is 0 Å². The van der Waals surface area contributed by atoms with Crippen molar-refractivity contribution in [2.24, 2.45) is 5.92 Å². The average molecular weight is 233 g/mol. The minimum atomic E-state index is -0.0452. The molecule has 0 aliphatic rings. The second kappa shape index (κ2) is 5.48. The maximum Gasteiger partial charge on any atom is 0.137 e. The first-order chi connectivity index (χ1) is 7.97. The van der Waals surface area contributed by atoms with Gasteiger partial charge in [-0.1, -0.05) is 13.8 Å². The molecule has 2 N–H and O–H groups in total. The van der Waals surface area contributed by atoms with E-state index in [0.29, 0.717) is 12.4 Å². The molecule has 1 heterocycles. The molecule has 5 nitrogen and oxygen atoms in total. The summed E-state index contributed by atoms with van der Waals surface area (Å²) in [5.74, 6) is 1.54. The Morgan fingerprint density at radius 1 is 1.41 bits per heavy atom. The summed E-state index contributed by atoms with van der Waals surface area (Å²) in [6, 6.07) is 2.21. The average Bonchev–Trinajstić information content (AvgIpc) is 2.27. The van der Waals surface area contributed by atoms with Crippen molar-refractivity contribution < 1.29 is 0 Å². The Morgan fingerprint density at radius 3 is 2.59 bits per heavy atom. The van der Waals surface area contributed by atoms with Gasteiger partial charge in [-0.25, -0.2) is 9.97 Å². The zero-order chi connectivity index (χ0) is 13.0. The van der Waals surface area contributed by atoms with Gasteiger partial charge in [0.1, 0.15) is 18.0 Å². The molecule has 1 rings (SSSR count). The van der Waals surface area contributed by atoms with Crippen molar-refractivity contribution in [3.8, 4) is 6.07 Å². The molecule has 0 aliphatic carbocycles. The van der Waals surface area contributed by atoms with Gasteiger partial charge >= 0.3 is 0 Å². The van der Waals surface area contributed by atoms with Gasteiger partial charge in [-0.2, -0.15) is 5.26 Å². The minimum Gasteiger partial charge on any atom is -0.383 e. The van der Waals surface area contributed by atoms with Crippen LogP contribution in [-0.4, -0.2) is 23.6 Å². The number of nitrogen functional groups attached to an aromatic ring is 1. The maximum absolute atomic E-state index is 8.83. The fourth-order valence-electron chi connectivity index (χ4n) is 1.80. The van der Waals surface area contributed by atoms with E-state index < -0.39 is 0 Å². The van der Waals surface area contributed by atoms with Crippen LogP contribution in [0.2, 0.25) is 0 Å². The van der Waals surface area contributed by atoms with Crippen molar-refractivity contribution in [1.82, 2.24) is 9.97 Å². The standard InChI is InChI=1S/C12H19N5/c1-8(2)10-11(14)15-7-16-12(10)17(4)6-9(3)5-13/h7-9H,6H2,1-4H3,(H2,14,15,16).